The van der Waals surface area contributed by atoms with Gasteiger partial charge < -0.3 is 10.6 Å². The molecule has 0 unspecified atom stereocenters. The standard InChI is InChI=1S/C22H26N4O2/c1-2-23-22(28)20-15-18(25-21(27)19-12-6-7-13-24-19)16-26(20)14-8-11-17-9-4-3-5-10-17/h3-13,18,20H,2,14-16H2,1H3,(H,23,28)(H,25,27)/b11-8+/t18-,20+/m1/s1. The lowest BCUT2D eigenvalue weighted by Crippen LogP contribution is -2.43. The molecule has 0 spiro atoms. The summed E-state index contributed by atoms with van der Waals surface area (Å²) in [5.41, 5.74) is 1.51. The molecule has 1 aromatic heterocycles. The van der Waals surface area contributed by atoms with E-state index in [9.17, 15) is 9.59 Å². The Morgan fingerprint density at radius 2 is 1.96 bits per heavy atom. The van der Waals surface area contributed by atoms with E-state index >= 15 is 0 Å². The third kappa shape index (κ3) is 5.27. The largest absolute Gasteiger partial charge is 0.355 e. The van der Waals surface area contributed by atoms with Gasteiger partial charge in [-0.05, 0) is 31.0 Å². The first kappa shape index (κ1) is 19.8. The number of nitrogens with one attached hydrogen (secondary N) is 2. The van der Waals surface area contributed by atoms with Crippen LogP contribution < -0.4 is 10.6 Å². The highest BCUT2D eigenvalue weighted by molar-refractivity contribution is 5.92. The fourth-order valence-electron chi connectivity index (χ4n) is 3.42. The third-order valence-electron chi connectivity index (χ3n) is 4.74. The van der Waals surface area contributed by atoms with E-state index in [1.54, 1.807) is 24.4 Å². The Bertz CT molecular complexity index is 808. The minimum atomic E-state index is -0.255. The second-order valence-electron chi connectivity index (χ2n) is 6.80. The lowest BCUT2D eigenvalue weighted by molar-refractivity contribution is -0.125. The lowest BCUT2D eigenvalue weighted by atomic mass is 10.1. The predicted octanol–water partition coefficient (Wildman–Crippen LogP) is 2.10. The first-order valence-corrected chi connectivity index (χ1v) is 9.62. The number of benzene rings is 1. The number of carbonyl (C=O) groups excluding carboxylic acids is 2. The SMILES string of the molecule is CCNC(=O)[C@@H]1C[C@@H](NC(=O)c2ccccn2)CN1C/C=C/c1ccccc1. The van der Waals surface area contributed by atoms with Gasteiger partial charge in [0.1, 0.15) is 5.69 Å². The van der Waals surface area contributed by atoms with Gasteiger partial charge in [0.15, 0.2) is 0 Å². The summed E-state index contributed by atoms with van der Waals surface area (Å²) < 4.78 is 0. The van der Waals surface area contributed by atoms with Gasteiger partial charge in [0, 0.05) is 31.9 Å². The molecule has 1 aliphatic heterocycles. The molecule has 1 saturated heterocycles. The van der Waals surface area contributed by atoms with E-state index < -0.39 is 0 Å². The Labute approximate surface area is 165 Å². The maximum absolute atomic E-state index is 12.5. The highest BCUT2D eigenvalue weighted by Gasteiger charge is 2.36. The second-order valence-corrected chi connectivity index (χ2v) is 6.80. The van der Waals surface area contributed by atoms with E-state index in [1.807, 2.05) is 37.3 Å². The van der Waals surface area contributed by atoms with Crippen LogP contribution in [0.3, 0.4) is 0 Å². The van der Waals surface area contributed by atoms with Gasteiger partial charge >= 0.3 is 0 Å². The number of rotatable bonds is 7. The summed E-state index contributed by atoms with van der Waals surface area (Å²) in [5, 5.41) is 5.91. The topological polar surface area (TPSA) is 74.3 Å². The summed E-state index contributed by atoms with van der Waals surface area (Å²) >= 11 is 0. The van der Waals surface area contributed by atoms with Crippen molar-refractivity contribution in [3.8, 4) is 0 Å². The third-order valence-corrected chi connectivity index (χ3v) is 4.74. The minimum absolute atomic E-state index is 0.00481. The molecule has 0 radical (unpaired) electrons. The van der Waals surface area contributed by atoms with E-state index in [0.717, 1.165) is 5.56 Å². The zero-order valence-electron chi connectivity index (χ0n) is 16.0. The molecular formula is C22H26N4O2. The fourth-order valence-corrected chi connectivity index (χ4v) is 3.42. The van der Waals surface area contributed by atoms with Crippen molar-refractivity contribution in [3.05, 3.63) is 72.1 Å². The summed E-state index contributed by atoms with van der Waals surface area (Å²) in [4.78, 5) is 31.1. The molecule has 3 rings (SSSR count). The molecule has 2 amide bonds. The zero-order chi connectivity index (χ0) is 19.8. The molecule has 0 aliphatic carbocycles. The van der Waals surface area contributed by atoms with E-state index in [4.69, 9.17) is 0 Å². The lowest BCUT2D eigenvalue weighted by Gasteiger charge is -2.21. The number of pyridine rings is 1. The van der Waals surface area contributed by atoms with Crippen molar-refractivity contribution in [2.24, 2.45) is 0 Å². The normalized spacial score (nSPS) is 19.6. The Morgan fingerprint density at radius 1 is 1.18 bits per heavy atom. The highest BCUT2D eigenvalue weighted by atomic mass is 16.2. The molecule has 6 heteroatoms. The molecule has 1 aromatic carbocycles. The van der Waals surface area contributed by atoms with Gasteiger partial charge in [-0.15, -0.1) is 0 Å². The summed E-state index contributed by atoms with van der Waals surface area (Å²) in [6, 6.07) is 15.0. The van der Waals surface area contributed by atoms with Crippen molar-refractivity contribution in [2.45, 2.75) is 25.4 Å². The van der Waals surface area contributed by atoms with Gasteiger partial charge in [-0.2, -0.15) is 0 Å². The number of carbonyl (C=O) groups is 2. The van der Waals surface area contributed by atoms with Gasteiger partial charge in [0.05, 0.1) is 6.04 Å². The quantitative estimate of drug-likeness (QED) is 0.774. The van der Waals surface area contributed by atoms with Crippen LogP contribution in [0.4, 0.5) is 0 Å². The number of likely N-dealkylation sites (tertiary alicyclic amines) is 1. The Kier molecular flexibility index (Phi) is 6.92. The molecule has 2 atom stereocenters. The molecule has 2 heterocycles. The van der Waals surface area contributed by atoms with Crippen molar-refractivity contribution < 1.29 is 9.59 Å². The van der Waals surface area contributed by atoms with Crippen LogP contribution in [0.25, 0.3) is 6.08 Å². The average molecular weight is 378 g/mol. The molecule has 28 heavy (non-hydrogen) atoms. The molecule has 0 bridgehead atoms. The van der Waals surface area contributed by atoms with Crippen LogP contribution in [0.5, 0.6) is 0 Å². The van der Waals surface area contributed by atoms with Crippen LogP contribution >= 0.6 is 0 Å². The number of aromatic nitrogens is 1. The molecular weight excluding hydrogens is 352 g/mol. The molecule has 146 valence electrons. The van der Waals surface area contributed by atoms with E-state index in [1.165, 1.54) is 0 Å². The maximum atomic E-state index is 12.5. The van der Waals surface area contributed by atoms with Gasteiger partial charge in [-0.3, -0.25) is 19.5 Å². The Hall–Kier alpha value is -2.99. The van der Waals surface area contributed by atoms with Crippen LogP contribution in [0.1, 0.15) is 29.4 Å². The molecule has 1 aliphatic rings. The summed E-state index contributed by atoms with van der Waals surface area (Å²) in [6.07, 6.45) is 6.30. The number of amides is 2. The molecule has 6 nitrogen and oxygen atoms in total. The van der Waals surface area contributed by atoms with E-state index in [2.05, 4.69) is 32.7 Å². The maximum Gasteiger partial charge on any atom is 0.270 e. The fraction of sp³-hybridized carbons (Fsp3) is 0.318. The van der Waals surface area contributed by atoms with E-state index in [-0.39, 0.29) is 23.9 Å². The van der Waals surface area contributed by atoms with Crippen molar-refractivity contribution in [3.63, 3.8) is 0 Å². The number of nitrogens with zero attached hydrogens (tertiary/aromatic N) is 2. The van der Waals surface area contributed by atoms with Crippen molar-refractivity contribution in [2.75, 3.05) is 19.6 Å². The van der Waals surface area contributed by atoms with Crippen molar-refractivity contribution in [1.29, 1.82) is 0 Å². The van der Waals surface area contributed by atoms with Crippen LogP contribution in [0.2, 0.25) is 0 Å². The van der Waals surface area contributed by atoms with E-state index in [0.29, 0.717) is 31.7 Å². The Morgan fingerprint density at radius 3 is 2.68 bits per heavy atom. The van der Waals surface area contributed by atoms with Crippen molar-refractivity contribution >= 4 is 17.9 Å². The predicted molar refractivity (Wildman–Crippen MR) is 110 cm³/mol. The minimum Gasteiger partial charge on any atom is -0.355 e. The average Bonchev–Trinajstić information content (AvgIpc) is 3.12. The second kappa shape index (κ2) is 9.80. The van der Waals surface area contributed by atoms with Gasteiger partial charge in [-0.25, -0.2) is 0 Å². The first-order chi connectivity index (χ1) is 13.7. The molecule has 2 N–H and O–H groups in total. The smallest absolute Gasteiger partial charge is 0.270 e. The van der Waals surface area contributed by atoms with Crippen LogP contribution in [-0.4, -0.2) is 53.4 Å². The first-order valence-electron chi connectivity index (χ1n) is 9.62. The van der Waals surface area contributed by atoms with Gasteiger partial charge in [0.2, 0.25) is 5.91 Å². The molecule has 1 fully saturated rings. The van der Waals surface area contributed by atoms with Crippen LogP contribution in [-0.2, 0) is 4.79 Å². The Balaban J connectivity index is 1.64. The van der Waals surface area contributed by atoms with Crippen LogP contribution in [0, 0.1) is 0 Å². The summed E-state index contributed by atoms with van der Waals surface area (Å²) in [5.74, 6) is -0.202. The van der Waals surface area contributed by atoms with Gasteiger partial charge in [-0.1, -0.05) is 48.6 Å². The zero-order valence-corrected chi connectivity index (χ0v) is 16.0. The van der Waals surface area contributed by atoms with Crippen molar-refractivity contribution in [1.82, 2.24) is 20.5 Å². The highest BCUT2D eigenvalue weighted by Crippen LogP contribution is 2.19. The van der Waals surface area contributed by atoms with Crippen LogP contribution in [0.15, 0.2) is 60.8 Å². The molecule has 0 saturated carbocycles. The number of hydrogen-bond donors (Lipinski definition) is 2. The summed E-state index contributed by atoms with van der Waals surface area (Å²) in [6.45, 7) is 3.77. The number of likely N-dealkylation sites (N-methyl/N-ethyl adjacent to an activating group) is 1. The molecule has 2 aromatic rings. The number of hydrogen-bond acceptors (Lipinski definition) is 4. The summed E-state index contributed by atoms with van der Waals surface area (Å²) in [7, 11) is 0. The van der Waals surface area contributed by atoms with Gasteiger partial charge in [0.25, 0.3) is 5.91 Å². The monoisotopic (exact) mass is 378 g/mol.